The lowest BCUT2D eigenvalue weighted by Gasteiger charge is -2.21. The van der Waals surface area contributed by atoms with Crippen LogP contribution in [0.2, 0.25) is 0 Å². The SMILES string of the molecule is Cc1cccc2c(=O)n(-c3cc(F)cc(F)c3)c(C(C)Nc3nc(N)nc(N)c3C#N)nc12. The molecular weight excluding hydrogens is 430 g/mol. The van der Waals surface area contributed by atoms with Crippen LogP contribution in [-0.4, -0.2) is 19.5 Å². The summed E-state index contributed by atoms with van der Waals surface area (Å²) in [5.74, 6) is -1.82. The molecule has 0 spiro atoms. The van der Waals surface area contributed by atoms with E-state index in [1.54, 1.807) is 32.0 Å². The average molecular weight is 448 g/mol. The lowest BCUT2D eigenvalue weighted by atomic mass is 10.1. The number of nitrogens with one attached hydrogen (secondary N) is 1. The number of benzene rings is 2. The molecule has 2 aromatic carbocycles. The van der Waals surface area contributed by atoms with Crippen molar-refractivity contribution in [3.63, 3.8) is 0 Å². The van der Waals surface area contributed by atoms with Gasteiger partial charge in [0, 0.05) is 6.07 Å². The number of anilines is 3. The van der Waals surface area contributed by atoms with Crippen LogP contribution < -0.4 is 22.3 Å². The van der Waals surface area contributed by atoms with Crippen molar-refractivity contribution >= 4 is 28.5 Å². The van der Waals surface area contributed by atoms with E-state index in [2.05, 4.69) is 20.3 Å². The fraction of sp³-hybridized carbons (Fsp3) is 0.136. The molecule has 4 rings (SSSR count). The van der Waals surface area contributed by atoms with Crippen LogP contribution in [0.3, 0.4) is 0 Å². The third-order valence-electron chi connectivity index (χ3n) is 5.04. The topological polar surface area (TPSA) is 149 Å². The van der Waals surface area contributed by atoms with Crippen molar-refractivity contribution in [3.05, 3.63) is 75.3 Å². The van der Waals surface area contributed by atoms with Crippen LogP contribution in [-0.2, 0) is 0 Å². The number of hydrogen-bond acceptors (Lipinski definition) is 8. The van der Waals surface area contributed by atoms with Crippen molar-refractivity contribution in [2.24, 2.45) is 0 Å². The molecule has 0 fully saturated rings. The van der Waals surface area contributed by atoms with Crippen LogP contribution >= 0.6 is 0 Å². The molecule has 0 radical (unpaired) electrons. The highest BCUT2D eigenvalue weighted by molar-refractivity contribution is 5.81. The molecule has 0 aliphatic carbocycles. The number of hydrogen-bond donors (Lipinski definition) is 3. The molecule has 0 amide bonds. The summed E-state index contributed by atoms with van der Waals surface area (Å²) in [7, 11) is 0. The van der Waals surface area contributed by atoms with Gasteiger partial charge in [0.15, 0.2) is 5.82 Å². The summed E-state index contributed by atoms with van der Waals surface area (Å²) in [4.78, 5) is 25.9. The fourth-order valence-corrected chi connectivity index (χ4v) is 3.56. The Kier molecular flexibility index (Phi) is 5.35. The number of nitriles is 1. The molecule has 9 nitrogen and oxygen atoms in total. The minimum Gasteiger partial charge on any atom is -0.382 e. The van der Waals surface area contributed by atoms with Crippen molar-refractivity contribution in [2.75, 3.05) is 16.8 Å². The molecule has 2 heterocycles. The molecule has 1 unspecified atom stereocenters. The summed E-state index contributed by atoms with van der Waals surface area (Å²) < 4.78 is 29.2. The maximum Gasteiger partial charge on any atom is 0.266 e. The lowest BCUT2D eigenvalue weighted by Crippen LogP contribution is -2.28. The van der Waals surface area contributed by atoms with E-state index < -0.39 is 23.2 Å². The maximum atomic E-state index is 14.0. The number of fused-ring (bicyclic) bond motifs is 1. The highest BCUT2D eigenvalue weighted by Gasteiger charge is 2.22. The number of nitrogen functional groups attached to an aromatic ring is 2. The molecule has 11 heteroatoms. The number of aromatic nitrogens is 4. The van der Waals surface area contributed by atoms with E-state index in [0.29, 0.717) is 11.6 Å². The number of nitrogens with two attached hydrogens (primary N) is 2. The molecule has 4 aromatic rings. The Labute approximate surface area is 186 Å². The van der Waals surface area contributed by atoms with Gasteiger partial charge in [0.1, 0.15) is 34.9 Å². The zero-order chi connectivity index (χ0) is 23.9. The summed E-state index contributed by atoms with van der Waals surface area (Å²) >= 11 is 0. The van der Waals surface area contributed by atoms with E-state index in [4.69, 9.17) is 11.5 Å². The molecule has 2 aromatic heterocycles. The normalized spacial score (nSPS) is 11.8. The van der Waals surface area contributed by atoms with Crippen molar-refractivity contribution in [1.29, 1.82) is 5.26 Å². The monoisotopic (exact) mass is 448 g/mol. The van der Waals surface area contributed by atoms with E-state index in [1.807, 2.05) is 6.07 Å². The van der Waals surface area contributed by atoms with Gasteiger partial charge in [-0.05, 0) is 37.6 Å². The summed E-state index contributed by atoms with van der Waals surface area (Å²) in [5, 5.41) is 12.7. The van der Waals surface area contributed by atoms with Gasteiger partial charge in [-0.25, -0.2) is 13.8 Å². The average Bonchev–Trinajstić information content (AvgIpc) is 2.73. The zero-order valence-electron chi connectivity index (χ0n) is 17.6. The number of aryl methyl sites for hydroxylation is 1. The quantitative estimate of drug-likeness (QED) is 0.431. The predicted octanol–water partition coefficient (Wildman–Crippen LogP) is 2.97. The van der Waals surface area contributed by atoms with Crippen LogP contribution in [0.5, 0.6) is 0 Å². The highest BCUT2D eigenvalue weighted by atomic mass is 19.1. The molecule has 0 bridgehead atoms. The molecule has 0 aliphatic rings. The molecular formula is C22H18F2N8O. The minimum atomic E-state index is -0.851. The first-order valence-electron chi connectivity index (χ1n) is 9.78. The molecule has 0 aliphatic heterocycles. The number of nitrogens with zero attached hydrogens (tertiary/aromatic N) is 5. The van der Waals surface area contributed by atoms with E-state index in [-0.39, 0.29) is 40.0 Å². The Hall–Kier alpha value is -4.59. The van der Waals surface area contributed by atoms with E-state index >= 15 is 0 Å². The van der Waals surface area contributed by atoms with Crippen molar-refractivity contribution in [1.82, 2.24) is 19.5 Å². The van der Waals surface area contributed by atoms with Gasteiger partial charge >= 0.3 is 0 Å². The fourth-order valence-electron chi connectivity index (χ4n) is 3.56. The second-order valence-electron chi connectivity index (χ2n) is 7.38. The summed E-state index contributed by atoms with van der Waals surface area (Å²) in [6, 6.07) is 8.99. The standard InChI is InChI=1S/C22H18F2N8O/c1-10-4-3-5-15-17(10)29-20(32(21(15)33)14-7-12(23)6-13(24)8-14)11(2)28-19-16(9-25)18(26)30-22(27)31-19/h3-8,11H,1-2H3,(H5,26,27,28,30,31). The van der Waals surface area contributed by atoms with Crippen LogP contribution in [0, 0.1) is 29.9 Å². The van der Waals surface area contributed by atoms with E-state index in [1.165, 1.54) is 0 Å². The van der Waals surface area contributed by atoms with E-state index in [0.717, 1.165) is 22.3 Å². The Morgan fingerprint density at radius 2 is 1.82 bits per heavy atom. The number of halogens is 2. The molecule has 0 saturated heterocycles. The van der Waals surface area contributed by atoms with Gasteiger partial charge < -0.3 is 16.8 Å². The van der Waals surface area contributed by atoms with Crippen molar-refractivity contribution < 1.29 is 8.78 Å². The summed E-state index contributed by atoms with van der Waals surface area (Å²) in [6.45, 7) is 3.44. The molecule has 1 atom stereocenters. The minimum absolute atomic E-state index is 0.0334. The van der Waals surface area contributed by atoms with Gasteiger partial charge in [0.05, 0.1) is 22.6 Å². The Morgan fingerprint density at radius 3 is 2.48 bits per heavy atom. The second-order valence-corrected chi connectivity index (χ2v) is 7.38. The van der Waals surface area contributed by atoms with Crippen LogP contribution in [0.15, 0.2) is 41.2 Å². The largest absolute Gasteiger partial charge is 0.382 e. The molecule has 0 saturated carbocycles. The van der Waals surface area contributed by atoms with Gasteiger partial charge in [-0.2, -0.15) is 15.2 Å². The number of rotatable bonds is 4. The van der Waals surface area contributed by atoms with Crippen LogP contribution in [0.25, 0.3) is 16.6 Å². The first-order chi connectivity index (χ1) is 15.7. The van der Waals surface area contributed by atoms with Crippen molar-refractivity contribution in [3.8, 4) is 11.8 Å². The number of para-hydroxylation sites is 1. The second kappa shape index (κ2) is 8.16. The third kappa shape index (κ3) is 3.89. The van der Waals surface area contributed by atoms with Crippen LogP contribution in [0.4, 0.5) is 26.4 Å². The van der Waals surface area contributed by atoms with Gasteiger partial charge in [-0.3, -0.25) is 9.36 Å². The smallest absolute Gasteiger partial charge is 0.266 e. The maximum absolute atomic E-state index is 14.0. The van der Waals surface area contributed by atoms with Crippen LogP contribution in [0.1, 0.15) is 29.9 Å². The van der Waals surface area contributed by atoms with Crippen molar-refractivity contribution in [2.45, 2.75) is 19.9 Å². The summed E-state index contributed by atoms with van der Waals surface area (Å²) in [6.07, 6.45) is 0. The molecule has 166 valence electrons. The Balaban J connectivity index is 1.98. The van der Waals surface area contributed by atoms with Gasteiger partial charge in [-0.15, -0.1) is 0 Å². The van der Waals surface area contributed by atoms with E-state index in [9.17, 15) is 18.8 Å². The lowest BCUT2D eigenvalue weighted by molar-refractivity contribution is 0.579. The van der Waals surface area contributed by atoms with Gasteiger partial charge in [-0.1, -0.05) is 12.1 Å². The zero-order valence-corrected chi connectivity index (χ0v) is 17.6. The summed E-state index contributed by atoms with van der Waals surface area (Å²) in [5.41, 5.74) is 12.0. The Morgan fingerprint density at radius 1 is 1.12 bits per heavy atom. The molecule has 33 heavy (non-hydrogen) atoms. The first kappa shape index (κ1) is 21.6. The first-order valence-corrected chi connectivity index (χ1v) is 9.78. The van der Waals surface area contributed by atoms with Gasteiger partial charge in [0.2, 0.25) is 5.95 Å². The predicted molar refractivity (Wildman–Crippen MR) is 120 cm³/mol. The molecule has 5 N–H and O–H groups in total. The van der Waals surface area contributed by atoms with Gasteiger partial charge in [0.25, 0.3) is 5.56 Å². The third-order valence-corrected chi connectivity index (χ3v) is 5.04. The highest BCUT2D eigenvalue weighted by Crippen LogP contribution is 2.26. The Bertz CT molecular complexity index is 1490.